The average molecular weight is 455 g/mol. The van der Waals surface area contributed by atoms with Crippen molar-refractivity contribution in [3.8, 4) is 11.1 Å². The molecule has 1 aromatic heterocycles. The summed E-state index contributed by atoms with van der Waals surface area (Å²) in [6.45, 7) is 9.03. The standard InChI is InChI=1S/C25H34N4O2S/c1-17(2)14-24-25(19(4)29(7)26-24)27-32(30,31)23-12-10-20(11-13-23)21-9-8-18(3)22(15-21)16-28(5)6/h8-13,15,17,27H,14,16H2,1-7H3. The molecule has 0 aliphatic rings. The van der Waals surface area contributed by atoms with Gasteiger partial charge in [-0.3, -0.25) is 9.40 Å². The number of aryl methyl sites for hydroxylation is 2. The molecule has 0 bridgehead atoms. The van der Waals surface area contributed by atoms with Crippen molar-refractivity contribution in [3.63, 3.8) is 0 Å². The minimum absolute atomic E-state index is 0.237. The molecule has 0 aliphatic heterocycles. The monoisotopic (exact) mass is 454 g/mol. The van der Waals surface area contributed by atoms with Gasteiger partial charge in [-0.2, -0.15) is 5.10 Å². The number of nitrogens with zero attached hydrogens (tertiary/aromatic N) is 3. The van der Waals surface area contributed by atoms with Crippen LogP contribution in [0.2, 0.25) is 0 Å². The molecule has 172 valence electrons. The van der Waals surface area contributed by atoms with Crippen LogP contribution in [0.5, 0.6) is 0 Å². The van der Waals surface area contributed by atoms with Gasteiger partial charge in [0.1, 0.15) is 0 Å². The van der Waals surface area contributed by atoms with Crippen LogP contribution in [0.3, 0.4) is 0 Å². The van der Waals surface area contributed by atoms with E-state index in [2.05, 4.69) is 67.8 Å². The molecule has 0 fully saturated rings. The van der Waals surface area contributed by atoms with Gasteiger partial charge in [0.25, 0.3) is 10.0 Å². The van der Waals surface area contributed by atoms with Gasteiger partial charge >= 0.3 is 0 Å². The van der Waals surface area contributed by atoms with Gasteiger partial charge in [-0.1, -0.05) is 38.1 Å². The highest BCUT2D eigenvalue weighted by molar-refractivity contribution is 7.92. The molecule has 0 unspecified atom stereocenters. The second-order valence-corrected chi connectivity index (χ2v) is 10.8. The first-order chi connectivity index (χ1) is 15.0. The van der Waals surface area contributed by atoms with Crippen molar-refractivity contribution < 1.29 is 8.42 Å². The van der Waals surface area contributed by atoms with Gasteiger partial charge in [-0.15, -0.1) is 0 Å². The summed E-state index contributed by atoms with van der Waals surface area (Å²) in [7, 11) is 2.21. The summed E-state index contributed by atoms with van der Waals surface area (Å²) < 4.78 is 30.7. The number of sulfonamides is 1. The third kappa shape index (κ3) is 5.40. The summed E-state index contributed by atoms with van der Waals surface area (Å²) >= 11 is 0. The number of rotatable bonds is 8. The van der Waals surface area contributed by atoms with Gasteiger partial charge in [-0.25, -0.2) is 8.42 Å². The van der Waals surface area contributed by atoms with Crippen LogP contribution in [0, 0.1) is 19.8 Å². The van der Waals surface area contributed by atoms with E-state index in [9.17, 15) is 8.42 Å². The fourth-order valence-corrected chi connectivity index (χ4v) is 4.87. The molecule has 1 N–H and O–H groups in total. The number of nitrogens with one attached hydrogen (secondary N) is 1. The first-order valence-electron chi connectivity index (χ1n) is 10.9. The molecule has 2 aromatic carbocycles. The lowest BCUT2D eigenvalue weighted by Crippen LogP contribution is -2.15. The second-order valence-electron chi connectivity index (χ2n) is 9.14. The molecule has 0 saturated heterocycles. The second kappa shape index (κ2) is 9.46. The summed E-state index contributed by atoms with van der Waals surface area (Å²) in [4.78, 5) is 2.38. The molecule has 3 aromatic rings. The zero-order valence-corrected chi connectivity index (χ0v) is 20.9. The van der Waals surface area contributed by atoms with E-state index in [4.69, 9.17) is 0 Å². The highest BCUT2D eigenvalue weighted by Crippen LogP contribution is 2.28. The van der Waals surface area contributed by atoms with Gasteiger partial charge in [0.15, 0.2) is 0 Å². The zero-order chi connectivity index (χ0) is 23.6. The summed E-state index contributed by atoms with van der Waals surface area (Å²) in [5.74, 6) is 0.374. The van der Waals surface area contributed by atoms with Crippen molar-refractivity contribution in [2.75, 3.05) is 18.8 Å². The molecule has 0 spiro atoms. The summed E-state index contributed by atoms with van der Waals surface area (Å²) in [5.41, 5.74) is 6.72. The van der Waals surface area contributed by atoms with E-state index in [1.54, 1.807) is 16.8 Å². The van der Waals surface area contributed by atoms with Crippen LogP contribution in [0.1, 0.15) is 36.4 Å². The number of anilines is 1. The van der Waals surface area contributed by atoms with Crippen molar-refractivity contribution in [2.24, 2.45) is 13.0 Å². The Hall–Kier alpha value is -2.64. The van der Waals surface area contributed by atoms with Crippen molar-refractivity contribution in [1.82, 2.24) is 14.7 Å². The lowest BCUT2D eigenvalue weighted by Gasteiger charge is -2.14. The van der Waals surface area contributed by atoms with Gasteiger partial charge < -0.3 is 4.90 Å². The van der Waals surface area contributed by atoms with Crippen LogP contribution in [0.4, 0.5) is 5.69 Å². The van der Waals surface area contributed by atoms with Crippen molar-refractivity contribution in [1.29, 1.82) is 0 Å². The van der Waals surface area contributed by atoms with Crippen LogP contribution in [-0.4, -0.2) is 37.2 Å². The van der Waals surface area contributed by atoms with E-state index in [1.165, 1.54) is 11.1 Å². The molecule has 0 saturated carbocycles. The van der Waals surface area contributed by atoms with Crippen molar-refractivity contribution in [2.45, 2.75) is 45.6 Å². The predicted octanol–water partition coefficient (Wildman–Crippen LogP) is 4.76. The van der Waals surface area contributed by atoms with Gasteiger partial charge in [0.05, 0.1) is 22.0 Å². The Labute approximate surface area is 192 Å². The fourth-order valence-electron chi connectivity index (χ4n) is 3.72. The lowest BCUT2D eigenvalue weighted by atomic mass is 9.99. The van der Waals surface area contributed by atoms with E-state index in [0.717, 1.165) is 29.1 Å². The van der Waals surface area contributed by atoms with Gasteiger partial charge in [0.2, 0.25) is 0 Å². The summed E-state index contributed by atoms with van der Waals surface area (Å²) in [6, 6.07) is 13.4. The van der Waals surface area contributed by atoms with Crippen molar-refractivity contribution in [3.05, 3.63) is 65.0 Å². The molecule has 0 aliphatic carbocycles. The Morgan fingerprint density at radius 2 is 1.66 bits per heavy atom. The molecule has 1 heterocycles. The molecule has 32 heavy (non-hydrogen) atoms. The van der Waals surface area contributed by atoms with E-state index >= 15 is 0 Å². The maximum absolute atomic E-state index is 13.1. The highest BCUT2D eigenvalue weighted by atomic mass is 32.2. The molecule has 0 amide bonds. The largest absolute Gasteiger partial charge is 0.305 e. The number of aromatic nitrogens is 2. The Morgan fingerprint density at radius 3 is 2.25 bits per heavy atom. The van der Waals surface area contributed by atoms with Crippen LogP contribution < -0.4 is 4.72 Å². The molecule has 0 radical (unpaired) electrons. The maximum atomic E-state index is 13.1. The Kier molecular flexibility index (Phi) is 7.10. The highest BCUT2D eigenvalue weighted by Gasteiger charge is 2.21. The van der Waals surface area contributed by atoms with E-state index in [1.807, 2.05) is 26.1 Å². The predicted molar refractivity (Wildman–Crippen MR) is 131 cm³/mol. The SMILES string of the molecule is Cc1ccc(-c2ccc(S(=O)(=O)Nc3c(CC(C)C)nn(C)c3C)cc2)cc1CN(C)C. The number of benzene rings is 2. The normalized spacial score (nSPS) is 12.0. The van der Waals surface area contributed by atoms with Crippen LogP contribution in [0.25, 0.3) is 11.1 Å². The Morgan fingerprint density at radius 1 is 1.03 bits per heavy atom. The lowest BCUT2D eigenvalue weighted by molar-refractivity contribution is 0.401. The molecule has 7 heteroatoms. The van der Waals surface area contributed by atoms with Crippen LogP contribution in [-0.2, 0) is 30.0 Å². The molecular weight excluding hydrogens is 420 g/mol. The van der Waals surface area contributed by atoms with E-state index in [0.29, 0.717) is 18.0 Å². The van der Waals surface area contributed by atoms with Gasteiger partial charge in [-0.05, 0) is 80.7 Å². The first kappa shape index (κ1) is 24.0. The van der Waals surface area contributed by atoms with E-state index < -0.39 is 10.0 Å². The molecule has 3 rings (SSSR count). The molecule has 6 nitrogen and oxygen atoms in total. The number of hydrogen-bond donors (Lipinski definition) is 1. The fraction of sp³-hybridized carbons (Fsp3) is 0.400. The average Bonchev–Trinajstić information content (AvgIpc) is 2.96. The Balaban J connectivity index is 1.88. The van der Waals surface area contributed by atoms with Crippen LogP contribution >= 0.6 is 0 Å². The smallest absolute Gasteiger partial charge is 0.262 e. The van der Waals surface area contributed by atoms with Gasteiger partial charge in [0, 0.05) is 13.6 Å². The topological polar surface area (TPSA) is 67.2 Å². The van der Waals surface area contributed by atoms with Crippen molar-refractivity contribution >= 4 is 15.7 Å². The first-order valence-corrected chi connectivity index (χ1v) is 12.4. The minimum Gasteiger partial charge on any atom is -0.305 e. The third-order valence-corrected chi connectivity index (χ3v) is 6.94. The summed E-state index contributed by atoms with van der Waals surface area (Å²) in [6.07, 6.45) is 0.710. The summed E-state index contributed by atoms with van der Waals surface area (Å²) in [5, 5.41) is 4.50. The molecular formula is C25H34N4O2S. The Bertz CT molecular complexity index is 1190. The molecule has 0 atom stereocenters. The number of hydrogen-bond acceptors (Lipinski definition) is 4. The van der Waals surface area contributed by atoms with Crippen LogP contribution in [0.15, 0.2) is 47.4 Å². The van der Waals surface area contributed by atoms with E-state index in [-0.39, 0.29) is 4.90 Å². The zero-order valence-electron chi connectivity index (χ0n) is 20.1. The third-order valence-electron chi connectivity index (χ3n) is 5.58. The minimum atomic E-state index is -3.72. The quantitative estimate of drug-likeness (QED) is 0.533. The maximum Gasteiger partial charge on any atom is 0.262 e.